The van der Waals surface area contributed by atoms with E-state index in [1.165, 1.54) is 0 Å². The number of carbonyl (C=O) groups is 2. The third-order valence-corrected chi connectivity index (χ3v) is 3.25. The van der Waals surface area contributed by atoms with Gasteiger partial charge in [-0.25, -0.2) is 0 Å². The highest BCUT2D eigenvalue weighted by Gasteiger charge is 2.40. The van der Waals surface area contributed by atoms with Crippen LogP contribution in [0.1, 0.15) is 18.9 Å². The normalized spacial score (nSPS) is 20.8. The summed E-state index contributed by atoms with van der Waals surface area (Å²) in [6, 6.07) is 4.03. The lowest BCUT2D eigenvalue weighted by Crippen LogP contribution is -2.21. The Balaban J connectivity index is 1.81. The predicted molar refractivity (Wildman–Crippen MR) is 68.3 cm³/mol. The summed E-state index contributed by atoms with van der Waals surface area (Å²) in [5, 5.41) is 2.36. The van der Waals surface area contributed by atoms with Gasteiger partial charge in [0.1, 0.15) is 0 Å². The molecule has 1 aliphatic rings. The van der Waals surface area contributed by atoms with Crippen molar-refractivity contribution in [1.82, 2.24) is 0 Å². The Bertz CT molecular complexity index is 539. The number of esters is 1. The van der Waals surface area contributed by atoms with Gasteiger partial charge >= 0.3 is 12.1 Å². The van der Waals surface area contributed by atoms with Crippen LogP contribution in [-0.4, -0.2) is 18.5 Å². The van der Waals surface area contributed by atoms with Gasteiger partial charge < -0.3 is 10.1 Å². The maximum atomic E-state index is 12.4. The number of anilines is 1. The largest absolute Gasteiger partial charge is 0.455 e. The number of rotatable bonds is 4. The van der Waals surface area contributed by atoms with E-state index >= 15 is 0 Å². The molecule has 2 atom stereocenters. The van der Waals surface area contributed by atoms with Gasteiger partial charge in [-0.15, -0.1) is 0 Å². The first-order valence-corrected chi connectivity index (χ1v) is 6.41. The van der Waals surface area contributed by atoms with Gasteiger partial charge in [0, 0.05) is 5.69 Å². The predicted octanol–water partition coefficient (Wildman–Crippen LogP) is 2.84. The number of halogens is 3. The molecule has 1 fully saturated rings. The number of hydrogen-bond acceptors (Lipinski definition) is 3. The van der Waals surface area contributed by atoms with Crippen molar-refractivity contribution in [2.75, 3.05) is 11.9 Å². The fourth-order valence-electron chi connectivity index (χ4n) is 1.83. The van der Waals surface area contributed by atoms with Crippen molar-refractivity contribution in [1.29, 1.82) is 0 Å². The van der Waals surface area contributed by atoms with Crippen molar-refractivity contribution in [3.05, 3.63) is 29.8 Å². The molecule has 0 aliphatic heterocycles. The third-order valence-electron chi connectivity index (χ3n) is 3.25. The molecule has 0 bridgehead atoms. The monoisotopic (exact) mass is 301 g/mol. The van der Waals surface area contributed by atoms with Crippen LogP contribution >= 0.6 is 0 Å². The van der Waals surface area contributed by atoms with E-state index in [1.54, 1.807) is 0 Å². The molecule has 0 radical (unpaired) electrons. The second-order valence-electron chi connectivity index (χ2n) is 5.05. The molecule has 0 heterocycles. The molecular formula is C14H14F3NO3. The lowest BCUT2D eigenvalue weighted by atomic mass is 10.2. The Morgan fingerprint density at radius 2 is 1.86 bits per heavy atom. The van der Waals surface area contributed by atoms with E-state index < -0.39 is 30.2 Å². The summed E-state index contributed by atoms with van der Waals surface area (Å²) in [5.74, 6) is -0.846. The number of benzene rings is 1. The van der Waals surface area contributed by atoms with Gasteiger partial charge in [0.15, 0.2) is 6.61 Å². The summed E-state index contributed by atoms with van der Waals surface area (Å²) in [7, 11) is 0. The Labute approximate surface area is 119 Å². The number of carbonyl (C=O) groups excluding carboxylic acids is 2. The summed E-state index contributed by atoms with van der Waals surface area (Å²) in [6.07, 6.45) is -3.65. The van der Waals surface area contributed by atoms with Crippen LogP contribution in [0.2, 0.25) is 0 Å². The van der Waals surface area contributed by atoms with Crippen molar-refractivity contribution in [2.24, 2.45) is 11.8 Å². The second-order valence-corrected chi connectivity index (χ2v) is 5.05. The first-order valence-electron chi connectivity index (χ1n) is 6.41. The minimum absolute atomic E-state index is 0.135. The van der Waals surface area contributed by atoms with E-state index in [0.717, 1.165) is 30.7 Å². The summed E-state index contributed by atoms with van der Waals surface area (Å²) in [5.41, 5.74) is -0.585. The zero-order valence-corrected chi connectivity index (χ0v) is 11.2. The first kappa shape index (κ1) is 15.3. The van der Waals surface area contributed by atoms with E-state index in [1.807, 2.05) is 6.92 Å². The fraction of sp³-hybridized carbons (Fsp3) is 0.429. The highest BCUT2D eigenvalue weighted by Crippen LogP contribution is 2.38. The lowest BCUT2D eigenvalue weighted by Gasteiger charge is -2.09. The van der Waals surface area contributed by atoms with Crippen LogP contribution in [0.25, 0.3) is 0 Å². The summed E-state index contributed by atoms with van der Waals surface area (Å²) < 4.78 is 41.9. The lowest BCUT2D eigenvalue weighted by molar-refractivity contribution is -0.148. The zero-order chi connectivity index (χ0) is 15.6. The first-order chi connectivity index (χ1) is 9.77. The van der Waals surface area contributed by atoms with E-state index in [2.05, 4.69) is 5.32 Å². The number of hydrogen-bond donors (Lipinski definition) is 1. The van der Waals surface area contributed by atoms with E-state index in [0.29, 0.717) is 0 Å². The van der Waals surface area contributed by atoms with E-state index in [4.69, 9.17) is 4.74 Å². The Morgan fingerprint density at radius 1 is 1.29 bits per heavy atom. The molecule has 4 nitrogen and oxygen atoms in total. The Kier molecular flexibility index (Phi) is 4.20. The topological polar surface area (TPSA) is 55.4 Å². The number of ether oxygens (including phenoxy) is 1. The number of amides is 1. The van der Waals surface area contributed by atoms with Crippen molar-refractivity contribution in [3.63, 3.8) is 0 Å². The van der Waals surface area contributed by atoms with Gasteiger partial charge in [-0.1, -0.05) is 6.92 Å². The quantitative estimate of drug-likeness (QED) is 0.870. The average Bonchev–Trinajstić information content (AvgIpc) is 3.13. The van der Waals surface area contributed by atoms with Gasteiger partial charge in [-0.05, 0) is 36.6 Å². The van der Waals surface area contributed by atoms with Crippen LogP contribution in [0.15, 0.2) is 24.3 Å². The van der Waals surface area contributed by atoms with Crippen LogP contribution in [0, 0.1) is 11.8 Å². The van der Waals surface area contributed by atoms with Crippen LogP contribution in [0.3, 0.4) is 0 Å². The summed E-state index contributed by atoms with van der Waals surface area (Å²) in [4.78, 5) is 22.9. The van der Waals surface area contributed by atoms with E-state index in [9.17, 15) is 22.8 Å². The molecule has 1 amide bonds. The van der Waals surface area contributed by atoms with Crippen molar-refractivity contribution < 1.29 is 27.5 Å². The Hall–Kier alpha value is -2.05. The molecule has 114 valence electrons. The van der Waals surface area contributed by atoms with Crippen LogP contribution in [0.5, 0.6) is 0 Å². The van der Waals surface area contributed by atoms with Crippen molar-refractivity contribution >= 4 is 17.6 Å². The zero-order valence-electron chi connectivity index (χ0n) is 11.2. The average molecular weight is 301 g/mol. The molecule has 0 spiro atoms. The summed E-state index contributed by atoms with van der Waals surface area (Å²) in [6.45, 7) is 1.47. The SMILES string of the molecule is C[C@@H]1C[C@H]1C(=O)OCC(=O)Nc1ccc(C(F)(F)F)cc1. The Morgan fingerprint density at radius 3 is 2.33 bits per heavy atom. The van der Waals surface area contributed by atoms with Crippen molar-refractivity contribution in [2.45, 2.75) is 19.5 Å². The van der Waals surface area contributed by atoms with Crippen LogP contribution < -0.4 is 5.32 Å². The minimum atomic E-state index is -4.42. The van der Waals surface area contributed by atoms with Crippen molar-refractivity contribution in [3.8, 4) is 0 Å². The molecule has 21 heavy (non-hydrogen) atoms. The molecular weight excluding hydrogens is 287 g/mol. The van der Waals surface area contributed by atoms with Gasteiger partial charge in [0.2, 0.25) is 0 Å². The van der Waals surface area contributed by atoms with Gasteiger partial charge in [0.25, 0.3) is 5.91 Å². The maximum absolute atomic E-state index is 12.4. The van der Waals surface area contributed by atoms with Crippen LogP contribution in [0.4, 0.5) is 18.9 Å². The molecule has 1 saturated carbocycles. The van der Waals surface area contributed by atoms with E-state index in [-0.39, 0.29) is 17.5 Å². The number of alkyl halides is 3. The molecule has 1 aromatic carbocycles. The molecule has 1 N–H and O–H groups in total. The summed E-state index contributed by atoms with van der Waals surface area (Å²) >= 11 is 0. The third kappa shape index (κ3) is 4.21. The standard InChI is InChI=1S/C14H14F3NO3/c1-8-6-11(8)13(20)21-7-12(19)18-10-4-2-9(3-5-10)14(15,16)17/h2-5,8,11H,6-7H2,1H3,(H,18,19)/t8-,11-/m1/s1. The van der Waals surface area contributed by atoms with Gasteiger partial charge in [-0.3, -0.25) is 9.59 Å². The molecule has 0 saturated heterocycles. The maximum Gasteiger partial charge on any atom is 0.416 e. The number of nitrogens with one attached hydrogen (secondary N) is 1. The highest BCUT2D eigenvalue weighted by molar-refractivity contribution is 5.93. The molecule has 1 aliphatic carbocycles. The second kappa shape index (κ2) is 5.75. The molecule has 0 unspecified atom stereocenters. The molecule has 1 aromatic rings. The molecule has 0 aromatic heterocycles. The van der Waals surface area contributed by atoms with Gasteiger partial charge in [-0.2, -0.15) is 13.2 Å². The minimum Gasteiger partial charge on any atom is -0.455 e. The fourth-order valence-corrected chi connectivity index (χ4v) is 1.83. The van der Waals surface area contributed by atoms with Gasteiger partial charge in [0.05, 0.1) is 11.5 Å². The molecule has 2 rings (SSSR count). The smallest absolute Gasteiger partial charge is 0.416 e. The molecule has 7 heteroatoms. The highest BCUT2D eigenvalue weighted by atomic mass is 19.4. The van der Waals surface area contributed by atoms with Crippen LogP contribution in [-0.2, 0) is 20.5 Å².